The number of rotatable bonds is 7. The minimum Gasteiger partial charge on any atom is -0.464 e. The molecule has 0 spiro atoms. The number of hydrogen-bond donors (Lipinski definition) is 2. The van der Waals surface area contributed by atoms with Crippen LogP contribution in [-0.2, 0) is 25.6 Å². The van der Waals surface area contributed by atoms with Crippen LogP contribution in [0.15, 0.2) is 67.0 Å². The zero-order valence-corrected chi connectivity index (χ0v) is 18.3. The first kappa shape index (κ1) is 23.3. The van der Waals surface area contributed by atoms with Gasteiger partial charge in [-0.3, -0.25) is 19.8 Å². The molecule has 170 valence electrons. The number of ether oxygens (including phenoxy) is 2. The summed E-state index contributed by atoms with van der Waals surface area (Å²) in [5.41, 5.74) is 2.99. The van der Waals surface area contributed by atoms with Crippen LogP contribution in [0.3, 0.4) is 0 Å². The SMILES string of the molecule is C=C(NC(=O)C(=C)N1Cc2c(cccc2-c2ccc(NC(=O)OCC)cc2)C1=O)C(=O)OC. The second-order valence-corrected chi connectivity index (χ2v) is 7.02. The van der Waals surface area contributed by atoms with E-state index < -0.39 is 18.0 Å². The van der Waals surface area contributed by atoms with Crippen molar-refractivity contribution in [3.05, 3.63) is 78.1 Å². The van der Waals surface area contributed by atoms with Gasteiger partial charge in [0.1, 0.15) is 11.4 Å². The smallest absolute Gasteiger partial charge is 0.411 e. The Hall–Kier alpha value is -4.40. The maximum absolute atomic E-state index is 12.9. The number of fused-ring (bicyclic) bond motifs is 1. The molecule has 0 bridgehead atoms. The van der Waals surface area contributed by atoms with Gasteiger partial charge in [-0.15, -0.1) is 0 Å². The Bertz CT molecular complexity index is 1150. The second kappa shape index (κ2) is 9.82. The van der Waals surface area contributed by atoms with Gasteiger partial charge >= 0.3 is 12.1 Å². The van der Waals surface area contributed by atoms with Gasteiger partial charge in [0.05, 0.1) is 20.3 Å². The summed E-state index contributed by atoms with van der Waals surface area (Å²) in [6.45, 7) is 9.27. The Morgan fingerprint density at radius 2 is 1.73 bits per heavy atom. The molecule has 0 saturated heterocycles. The van der Waals surface area contributed by atoms with Gasteiger partial charge in [-0.1, -0.05) is 37.4 Å². The first-order valence-corrected chi connectivity index (χ1v) is 10.0. The zero-order valence-electron chi connectivity index (χ0n) is 18.3. The van der Waals surface area contributed by atoms with Crippen LogP contribution in [0, 0.1) is 0 Å². The van der Waals surface area contributed by atoms with Crippen LogP contribution in [-0.4, -0.2) is 42.5 Å². The number of carbonyl (C=O) groups excluding carboxylic acids is 4. The molecule has 2 aromatic carbocycles. The van der Waals surface area contributed by atoms with Crippen molar-refractivity contribution in [2.45, 2.75) is 13.5 Å². The lowest BCUT2D eigenvalue weighted by atomic mass is 9.97. The second-order valence-electron chi connectivity index (χ2n) is 7.02. The van der Waals surface area contributed by atoms with E-state index in [2.05, 4.69) is 28.5 Å². The highest BCUT2D eigenvalue weighted by Gasteiger charge is 2.33. The van der Waals surface area contributed by atoms with E-state index in [1.807, 2.05) is 18.2 Å². The lowest BCUT2D eigenvalue weighted by Crippen LogP contribution is -2.36. The van der Waals surface area contributed by atoms with E-state index >= 15 is 0 Å². The summed E-state index contributed by atoms with van der Waals surface area (Å²) in [5, 5.41) is 4.91. The van der Waals surface area contributed by atoms with E-state index in [0.29, 0.717) is 11.3 Å². The molecule has 2 aromatic rings. The van der Waals surface area contributed by atoms with Crippen LogP contribution < -0.4 is 10.6 Å². The highest BCUT2D eigenvalue weighted by atomic mass is 16.5. The average Bonchev–Trinajstić information content (AvgIpc) is 3.15. The summed E-state index contributed by atoms with van der Waals surface area (Å²) in [6.07, 6.45) is -0.543. The number of amides is 3. The minimum atomic E-state index is -0.796. The molecule has 0 fully saturated rings. The van der Waals surface area contributed by atoms with Gasteiger partial charge in [0.25, 0.3) is 11.8 Å². The van der Waals surface area contributed by atoms with Crippen LogP contribution in [0.2, 0.25) is 0 Å². The molecular formula is C24H23N3O6. The summed E-state index contributed by atoms with van der Waals surface area (Å²) < 4.78 is 9.37. The highest BCUT2D eigenvalue weighted by molar-refractivity contribution is 6.07. The fourth-order valence-corrected chi connectivity index (χ4v) is 3.35. The van der Waals surface area contributed by atoms with Crippen molar-refractivity contribution in [1.29, 1.82) is 0 Å². The van der Waals surface area contributed by atoms with Crippen LogP contribution >= 0.6 is 0 Å². The molecule has 0 saturated carbocycles. The molecule has 0 aliphatic carbocycles. The number of hydrogen-bond acceptors (Lipinski definition) is 6. The van der Waals surface area contributed by atoms with Crippen molar-refractivity contribution < 1.29 is 28.7 Å². The maximum Gasteiger partial charge on any atom is 0.411 e. The lowest BCUT2D eigenvalue weighted by Gasteiger charge is -2.18. The molecule has 1 aliphatic heterocycles. The molecule has 2 N–H and O–H groups in total. The van der Waals surface area contributed by atoms with Crippen molar-refractivity contribution in [3.63, 3.8) is 0 Å². The lowest BCUT2D eigenvalue weighted by molar-refractivity contribution is -0.137. The first-order valence-electron chi connectivity index (χ1n) is 10.0. The number of methoxy groups -OCH3 is 1. The fourth-order valence-electron chi connectivity index (χ4n) is 3.35. The molecule has 3 rings (SSSR count). The Morgan fingerprint density at radius 1 is 1.06 bits per heavy atom. The molecule has 3 amide bonds. The third-order valence-corrected chi connectivity index (χ3v) is 4.97. The van der Waals surface area contributed by atoms with Gasteiger partial charge in [-0.25, -0.2) is 9.59 Å². The summed E-state index contributed by atoms with van der Waals surface area (Å²) >= 11 is 0. The van der Waals surface area contributed by atoms with E-state index in [4.69, 9.17) is 4.74 Å². The third kappa shape index (κ3) is 4.93. The summed E-state index contributed by atoms with van der Waals surface area (Å²) in [6, 6.07) is 12.4. The molecule has 33 heavy (non-hydrogen) atoms. The molecule has 1 heterocycles. The number of anilines is 1. The van der Waals surface area contributed by atoms with E-state index in [9.17, 15) is 19.2 Å². The summed E-state index contributed by atoms with van der Waals surface area (Å²) in [5.74, 6) is -1.91. The standard InChI is InChI=1S/C24H23N3O6/c1-5-33-24(31)26-17-11-9-16(10-12-17)18-7-6-8-19-20(18)13-27(22(19)29)15(3)21(28)25-14(2)23(30)32-4/h6-12H,2-3,5,13H2,1,4H3,(H,25,28)(H,26,31). The van der Waals surface area contributed by atoms with E-state index in [-0.39, 0.29) is 30.5 Å². The highest BCUT2D eigenvalue weighted by Crippen LogP contribution is 2.34. The van der Waals surface area contributed by atoms with Gasteiger partial charge in [-0.05, 0) is 41.8 Å². The molecule has 0 aromatic heterocycles. The van der Waals surface area contributed by atoms with Gasteiger partial charge in [0.15, 0.2) is 0 Å². The van der Waals surface area contributed by atoms with Crippen LogP contribution in [0.5, 0.6) is 0 Å². The summed E-state index contributed by atoms with van der Waals surface area (Å²) in [7, 11) is 1.16. The summed E-state index contributed by atoms with van der Waals surface area (Å²) in [4.78, 5) is 49.7. The topological polar surface area (TPSA) is 114 Å². The largest absolute Gasteiger partial charge is 0.464 e. The van der Waals surface area contributed by atoms with Crippen molar-refractivity contribution >= 4 is 29.6 Å². The molecule has 1 aliphatic rings. The monoisotopic (exact) mass is 449 g/mol. The van der Waals surface area contributed by atoms with Gasteiger partial charge in [0.2, 0.25) is 0 Å². The van der Waals surface area contributed by atoms with Crippen LogP contribution in [0.1, 0.15) is 22.8 Å². The minimum absolute atomic E-state index is 0.124. The number of benzene rings is 2. The van der Waals surface area contributed by atoms with Gasteiger partial charge < -0.3 is 14.8 Å². The molecule has 0 atom stereocenters. The van der Waals surface area contributed by atoms with Crippen molar-refractivity contribution in [2.75, 3.05) is 19.0 Å². The van der Waals surface area contributed by atoms with E-state index in [0.717, 1.165) is 23.8 Å². The third-order valence-electron chi connectivity index (χ3n) is 4.97. The van der Waals surface area contributed by atoms with Crippen LogP contribution in [0.25, 0.3) is 11.1 Å². The normalized spacial score (nSPS) is 11.9. The number of carbonyl (C=O) groups is 4. The van der Waals surface area contributed by atoms with E-state index in [1.54, 1.807) is 31.2 Å². The number of nitrogens with one attached hydrogen (secondary N) is 2. The van der Waals surface area contributed by atoms with Crippen LogP contribution in [0.4, 0.5) is 10.5 Å². The number of nitrogens with zero attached hydrogens (tertiary/aromatic N) is 1. The Morgan fingerprint density at radius 3 is 2.36 bits per heavy atom. The van der Waals surface area contributed by atoms with E-state index in [1.165, 1.54) is 4.90 Å². The predicted molar refractivity (Wildman–Crippen MR) is 121 cm³/mol. The van der Waals surface area contributed by atoms with Crippen molar-refractivity contribution in [1.82, 2.24) is 10.2 Å². The zero-order chi connectivity index (χ0) is 24.1. The first-order chi connectivity index (χ1) is 15.8. The Labute approximate surface area is 190 Å². The predicted octanol–water partition coefficient (Wildman–Crippen LogP) is 3.19. The fraction of sp³-hybridized carbons (Fsp3) is 0.167. The maximum atomic E-state index is 12.9. The molecular weight excluding hydrogens is 426 g/mol. The Kier molecular flexibility index (Phi) is 6.92. The molecule has 0 unspecified atom stereocenters. The van der Waals surface area contributed by atoms with Gasteiger partial charge in [-0.2, -0.15) is 0 Å². The average molecular weight is 449 g/mol. The van der Waals surface area contributed by atoms with Crippen molar-refractivity contribution in [3.8, 4) is 11.1 Å². The quantitative estimate of drug-likeness (QED) is 0.496. The Balaban J connectivity index is 1.80. The molecule has 9 nitrogen and oxygen atoms in total. The number of esters is 1. The molecule has 9 heteroatoms. The molecule has 0 radical (unpaired) electrons. The van der Waals surface area contributed by atoms with Gasteiger partial charge in [0, 0.05) is 11.3 Å². The van der Waals surface area contributed by atoms with Crippen molar-refractivity contribution in [2.24, 2.45) is 0 Å².